The van der Waals surface area contributed by atoms with Gasteiger partial charge in [0.25, 0.3) is 0 Å². The zero-order valence-electron chi connectivity index (χ0n) is 13.9. The Bertz CT molecular complexity index is 780. The maximum atomic E-state index is 12.3. The van der Waals surface area contributed by atoms with Crippen LogP contribution in [0, 0.1) is 6.92 Å². The monoisotopic (exact) mass is 379 g/mol. The van der Waals surface area contributed by atoms with E-state index in [2.05, 4.69) is 10.1 Å². The third-order valence-corrected chi connectivity index (χ3v) is 4.85. The molecule has 2 heterocycles. The topological polar surface area (TPSA) is 49.6 Å². The van der Waals surface area contributed by atoms with E-state index in [-0.39, 0.29) is 5.91 Å². The zero-order valence-corrected chi connectivity index (χ0v) is 15.4. The van der Waals surface area contributed by atoms with Crippen molar-refractivity contribution < 1.29 is 9.32 Å². The van der Waals surface area contributed by atoms with Crippen LogP contribution in [0.15, 0.2) is 34.9 Å². The van der Waals surface area contributed by atoms with Crippen molar-refractivity contribution in [2.24, 2.45) is 0 Å². The second-order valence-corrected chi connectivity index (χ2v) is 6.85. The highest BCUT2D eigenvalue weighted by atomic mass is 35.5. The van der Waals surface area contributed by atoms with Gasteiger partial charge >= 0.3 is 0 Å². The van der Waals surface area contributed by atoms with E-state index in [1.165, 1.54) is 0 Å². The third kappa shape index (κ3) is 4.84. The molecule has 0 atom stereocenters. The molecule has 132 valence electrons. The predicted molar refractivity (Wildman–Crippen MR) is 98.6 cm³/mol. The van der Waals surface area contributed by atoms with Crippen molar-refractivity contribution in [1.82, 2.24) is 15.0 Å². The first kappa shape index (κ1) is 18.0. The SMILES string of the molecule is Cc1cc(CN2CCN(C(=O)/C=C/c3ccc(Cl)c(Cl)c3)CC2)no1. The number of aromatic nitrogens is 1. The molecule has 1 amide bonds. The quantitative estimate of drug-likeness (QED) is 0.760. The van der Waals surface area contributed by atoms with Crippen LogP contribution in [0.1, 0.15) is 17.0 Å². The van der Waals surface area contributed by atoms with Crippen LogP contribution < -0.4 is 0 Å². The van der Waals surface area contributed by atoms with E-state index in [0.717, 1.165) is 36.7 Å². The summed E-state index contributed by atoms with van der Waals surface area (Å²) in [5.41, 5.74) is 1.78. The van der Waals surface area contributed by atoms with Crippen LogP contribution in [0.4, 0.5) is 0 Å². The lowest BCUT2D eigenvalue weighted by Gasteiger charge is -2.33. The summed E-state index contributed by atoms with van der Waals surface area (Å²) in [6.07, 6.45) is 3.34. The Labute approximate surface area is 156 Å². The molecular formula is C18H19Cl2N3O2. The summed E-state index contributed by atoms with van der Waals surface area (Å²) < 4.78 is 5.09. The normalized spacial score (nSPS) is 15.9. The molecule has 0 saturated carbocycles. The van der Waals surface area contributed by atoms with E-state index in [1.807, 2.05) is 24.0 Å². The minimum Gasteiger partial charge on any atom is -0.361 e. The first-order valence-electron chi connectivity index (χ1n) is 8.08. The van der Waals surface area contributed by atoms with E-state index in [1.54, 1.807) is 24.3 Å². The Kier molecular flexibility index (Phi) is 5.78. The summed E-state index contributed by atoms with van der Waals surface area (Å²) in [7, 11) is 0. The minimum absolute atomic E-state index is 0.00278. The first-order chi connectivity index (χ1) is 12.0. The highest BCUT2D eigenvalue weighted by molar-refractivity contribution is 6.42. The molecule has 0 bridgehead atoms. The third-order valence-electron chi connectivity index (χ3n) is 4.11. The number of rotatable bonds is 4. The predicted octanol–water partition coefficient (Wildman–Crippen LogP) is 3.65. The fraction of sp³-hybridized carbons (Fsp3) is 0.333. The molecule has 1 aliphatic rings. The highest BCUT2D eigenvalue weighted by Crippen LogP contribution is 2.23. The molecule has 0 radical (unpaired) electrons. The van der Waals surface area contributed by atoms with Gasteiger partial charge in [-0.3, -0.25) is 9.69 Å². The Morgan fingerprint density at radius 1 is 1.20 bits per heavy atom. The molecule has 0 aliphatic carbocycles. The number of hydrogen-bond donors (Lipinski definition) is 0. The van der Waals surface area contributed by atoms with Gasteiger partial charge in [0.15, 0.2) is 0 Å². The molecule has 2 aromatic rings. The molecule has 3 rings (SSSR count). The van der Waals surface area contributed by atoms with Gasteiger partial charge in [-0.05, 0) is 30.7 Å². The van der Waals surface area contributed by atoms with Crippen molar-refractivity contribution in [2.45, 2.75) is 13.5 Å². The maximum Gasteiger partial charge on any atom is 0.246 e. The van der Waals surface area contributed by atoms with Crippen molar-refractivity contribution in [1.29, 1.82) is 0 Å². The maximum absolute atomic E-state index is 12.3. The lowest BCUT2D eigenvalue weighted by Crippen LogP contribution is -2.47. The molecule has 1 aromatic carbocycles. The molecule has 25 heavy (non-hydrogen) atoms. The van der Waals surface area contributed by atoms with E-state index >= 15 is 0 Å². The van der Waals surface area contributed by atoms with Gasteiger partial charge in [0.2, 0.25) is 5.91 Å². The van der Waals surface area contributed by atoms with Gasteiger partial charge in [0.1, 0.15) is 5.76 Å². The number of carbonyl (C=O) groups is 1. The molecule has 0 spiro atoms. The van der Waals surface area contributed by atoms with E-state index in [0.29, 0.717) is 23.1 Å². The Morgan fingerprint density at radius 2 is 1.96 bits per heavy atom. The standard InChI is InChI=1S/C18H19Cl2N3O2/c1-13-10-15(21-25-13)12-22-6-8-23(9-7-22)18(24)5-3-14-2-4-16(19)17(20)11-14/h2-5,10-11H,6-9,12H2,1H3/b5-3+. The van der Waals surface area contributed by atoms with Gasteiger partial charge < -0.3 is 9.42 Å². The second kappa shape index (κ2) is 8.04. The molecule has 0 N–H and O–H groups in total. The smallest absolute Gasteiger partial charge is 0.246 e. The minimum atomic E-state index is 0.00278. The van der Waals surface area contributed by atoms with Crippen LogP contribution in [-0.4, -0.2) is 47.0 Å². The number of piperazine rings is 1. The highest BCUT2D eigenvalue weighted by Gasteiger charge is 2.20. The van der Waals surface area contributed by atoms with E-state index in [4.69, 9.17) is 27.7 Å². The van der Waals surface area contributed by atoms with Gasteiger partial charge in [-0.25, -0.2) is 0 Å². The van der Waals surface area contributed by atoms with Gasteiger partial charge in [0.05, 0.1) is 15.7 Å². The van der Waals surface area contributed by atoms with Crippen LogP contribution in [0.2, 0.25) is 10.0 Å². The number of halogens is 2. The van der Waals surface area contributed by atoms with Crippen LogP contribution >= 0.6 is 23.2 Å². The van der Waals surface area contributed by atoms with Crippen molar-refractivity contribution in [3.63, 3.8) is 0 Å². The van der Waals surface area contributed by atoms with Crippen molar-refractivity contribution in [2.75, 3.05) is 26.2 Å². The van der Waals surface area contributed by atoms with Gasteiger partial charge in [0, 0.05) is 44.9 Å². The van der Waals surface area contributed by atoms with Crippen LogP contribution in [0.3, 0.4) is 0 Å². The number of carbonyl (C=O) groups excluding carboxylic acids is 1. The number of benzene rings is 1. The van der Waals surface area contributed by atoms with Crippen molar-refractivity contribution in [3.8, 4) is 0 Å². The van der Waals surface area contributed by atoms with E-state index < -0.39 is 0 Å². The lowest BCUT2D eigenvalue weighted by molar-refractivity contribution is -0.127. The zero-order chi connectivity index (χ0) is 17.8. The Balaban J connectivity index is 1.50. The molecule has 0 unspecified atom stereocenters. The Hall–Kier alpha value is -1.82. The van der Waals surface area contributed by atoms with Crippen molar-refractivity contribution in [3.05, 3.63) is 57.4 Å². The fourth-order valence-corrected chi connectivity index (χ4v) is 3.04. The average molecular weight is 380 g/mol. The summed E-state index contributed by atoms with van der Waals surface area (Å²) in [5, 5.41) is 4.99. The molecule has 7 heteroatoms. The molecule has 1 fully saturated rings. The lowest BCUT2D eigenvalue weighted by atomic mass is 10.2. The summed E-state index contributed by atoms with van der Waals surface area (Å²) in [4.78, 5) is 16.4. The molecule has 1 saturated heterocycles. The Morgan fingerprint density at radius 3 is 2.60 bits per heavy atom. The number of amides is 1. The molecule has 1 aromatic heterocycles. The summed E-state index contributed by atoms with van der Waals surface area (Å²) in [6.45, 7) is 5.66. The summed E-state index contributed by atoms with van der Waals surface area (Å²) >= 11 is 11.9. The van der Waals surface area contributed by atoms with E-state index in [9.17, 15) is 4.79 Å². The van der Waals surface area contributed by atoms with Gasteiger partial charge in [-0.15, -0.1) is 0 Å². The fourth-order valence-electron chi connectivity index (χ4n) is 2.74. The molecule has 1 aliphatic heterocycles. The first-order valence-corrected chi connectivity index (χ1v) is 8.83. The number of hydrogen-bond acceptors (Lipinski definition) is 4. The van der Waals surface area contributed by atoms with Crippen LogP contribution in [0.25, 0.3) is 6.08 Å². The van der Waals surface area contributed by atoms with Gasteiger partial charge in [-0.1, -0.05) is 34.4 Å². The second-order valence-electron chi connectivity index (χ2n) is 6.04. The number of nitrogens with zero attached hydrogens (tertiary/aromatic N) is 3. The average Bonchev–Trinajstić information content (AvgIpc) is 3.01. The molecule has 5 nitrogen and oxygen atoms in total. The molecular weight excluding hydrogens is 361 g/mol. The van der Waals surface area contributed by atoms with Gasteiger partial charge in [-0.2, -0.15) is 0 Å². The summed E-state index contributed by atoms with van der Waals surface area (Å²) in [6, 6.07) is 7.23. The van der Waals surface area contributed by atoms with Crippen LogP contribution in [0.5, 0.6) is 0 Å². The largest absolute Gasteiger partial charge is 0.361 e. The number of aryl methyl sites for hydroxylation is 1. The summed E-state index contributed by atoms with van der Waals surface area (Å²) in [5.74, 6) is 0.819. The van der Waals surface area contributed by atoms with Crippen LogP contribution in [-0.2, 0) is 11.3 Å². The van der Waals surface area contributed by atoms with Crippen molar-refractivity contribution >= 4 is 35.2 Å².